The third kappa shape index (κ3) is 1.54. The molecule has 0 aromatic heterocycles. The number of benzene rings is 1. The van der Waals surface area contributed by atoms with Crippen molar-refractivity contribution >= 4 is 0 Å². The summed E-state index contributed by atoms with van der Waals surface area (Å²) >= 11 is 0. The number of nitrogens with one attached hydrogen (secondary N) is 1. The van der Waals surface area contributed by atoms with Gasteiger partial charge in [0, 0.05) is 12.8 Å². The minimum Gasteiger partial charge on any atom is -0.345 e. The normalized spacial score (nSPS) is 18.1. The molecule has 76 valence electrons. The van der Waals surface area contributed by atoms with Crippen LogP contribution in [0.15, 0.2) is 24.3 Å². The minimum atomic E-state index is -0.279. The van der Waals surface area contributed by atoms with E-state index in [4.69, 9.17) is 10.5 Å². The molecule has 1 aliphatic rings. The van der Waals surface area contributed by atoms with E-state index in [2.05, 4.69) is 29.6 Å². The summed E-state index contributed by atoms with van der Waals surface area (Å²) in [6, 6.07) is 8.42. The molecule has 1 aromatic carbocycles. The second-order valence-electron chi connectivity index (χ2n) is 3.68. The highest BCUT2D eigenvalue weighted by Crippen LogP contribution is 2.30. The Balaban J connectivity index is 2.23. The van der Waals surface area contributed by atoms with Gasteiger partial charge in [-0.05, 0) is 18.2 Å². The topological polar surface area (TPSA) is 47.3 Å². The molecule has 0 spiro atoms. The maximum atomic E-state index is 5.59. The molecule has 0 radical (unpaired) electrons. The number of hydrogen-bond acceptors (Lipinski definition) is 3. The molecule has 1 aliphatic carbocycles. The van der Waals surface area contributed by atoms with E-state index in [-0.39, 0.29) is 12.5 Å². The molecule has 0 saturated heterocycles. The summed E-state index contributed by atoms with van der Waals surface area (Å²) in [5, 5.41) is 3.22. The fourth-order valence-electron chi connectivity index (χ4n) is 2.09. The molecular formula is C11H16N2O. The van der Waals surface area contributed by atoms with Crippen LogP contribution in [0.2, 0.25) is 0 Å². The van der Waals surface area contributed by atoms with Crippen molar-refractivity contribution in [1.82, 2.24) is 5.32 Å². The van der Waals surface area contributed by atoms with Crippen LogP contribution >= 0.6 is 0 Å². The molecular weight excluding hydrogens is 176 g/mol. The number of ether oxygens (including phenoxy) is 1. The van der Waals surface area contributed by atoms with Gasteiger partial charge in [0.2, 0.25) is 0 Å². The van der Waals surface area contributed by atoms with Crippen molar-refractivity contribution in [2.24, 2.45) is 5.73 Å². The van der Waals surface area contributed by atoms with Gasteiger partial charge in [-0.3, -0.25) is 5.32 Å². The van der Waals surface area contributed by atoms with Gasteiger partial charge in [-0.2, -0.15) is 0 Å². The molecule has 14 heavy (non-hydrogen) atoms. The largest absolute Gasteiger partial charge is 0.345 e. The SMILES string of the molecule is CNC1(OCN)Cc2ccccc2C1. The molecule has 0 bridgehead atoms. The van der Waals surface area contributed by atoms with Crippen molar-refractivity contribution < 1.29 is 4.74 Å². The van der Waals surface area contributed by atoms with Crippen molar-refractivity contribution in [3.05, 3.63) is 35.4 Å². The van der Waals surface area contributed by atoms with Crippen LogP contribution in [-0.4, -0.2) is 19.5 Å². The summed E-state index contributed by atoms with van der Waals surface area (Å²) in [6.07, 6.45) is 1.80. The third-order valence-corrected chi connectivity index (χ3v) is 2.89. The van der Waals surface area contributed by atoms with Crippen LogP contribution in [0.1, 0.15) is 11.1 Å². The molecule has 0 aliphatic heterocycles. The van der Waals surface area contributed by atoms with Gasteiger partial charge in [-0.25, -0.2) is 0 Å². The lowest BCUT2D eigenvalue weighted by molar-refractivity contribution is -0.0555. The molecule has 0 fully saturated rings. The van der Waals surface area contributed by atoms with Crippen molar-refractivity contribution in [2.45, 2.75) is 18.6 Å². The zero-order valence-corrected chi connectivity index (χ0v) is 8.42. The number of rotatable bonds is 3. The van der Waals surface area contributed by atoms with Crippen LogP contribution < -0.4 is 11.1 Å². The van der Waals surface area contributed by atoms with E-state index in [0.717, 1.165) is 12.8 Å². The Morgan fingerprint density at radius 2 is 1.93 bits per heavy atom. The van der Waals surface area contributed by atoms with Gasteiger partial charge >= 0.3 is 0 Å². The molecule has 3 heteroatoms. The smallest absolute Gasteiger partial charge is 0.128 e. The fourth-order valence-corrected chi connectivity index (χ4v) is 2.09. The second kappa shape index (κ2) is 3.69. The second-order valence-corrected chi connectivity index (χ2v) is 3.68. The molecule has 0 heterocycles. The highest BCUT2D eigenvalue weighted by molar-refractivity contribution is 5.34. The first-order valence-electron chi connectivity index (χ1n) is 4.89. The highest BCUT2D eigenvalue weighted by atomic mass is 16.5. The zero-order chi connectivity index (χ0) is 10.0. The van der Waals surface area contributed by atoms with Gasteiger partial charge in [0.1, 0.15) is 5.72 Å². The molecule has 0 unspecified atom stereocenters. The Labute approximate surface area is 84.3 Å². The Morgan fingerprint density at radius 3 is 2.36 bits per heavy atom. The van der Waals surface area contributed by atoms with Crippen molar-refractivity contribution in [3.63, 3.8) is 0 Å². The summed E-state index contributed by atoms with van der Waals surface area (Å²) < 4.78 is 5.59. The van der Waals surface area contributed by atoms with E-state index in [0.29, 0.717) is 0 Å². The third-order valence-electron chi connectivity index (χ3n) is 2.89. The lowest BCUT2D eigenvalue weighted by atomic mass is 10.1. The zero-order valence-electron chi connectivity index (χ0n) is 8.42. The maximum absolute atomic E-state index is 5.59. The van der Waals surface area contributed by atoms with Crippen LogP contribution in [-0.2, 0) is 17.6 Å². The fraction of sp³-hybridized carbons (Fsp3) is 0.455. The van der Waals surface area contributed by atoms with Gasteiger partial charge in [-0.15, -0.1) is 0 Å². The van der Waals surface area contributed by atoms with Gasteiger partial charge in [0.25, 0.3) is 0 Å². The van der Waals surface area contributed by atoms with Crippen molar-refractivity contribution in [2.75, 3.05) is 13.8 Å². The number of fused-ring (bicyclic) bond motifs is 1. The van der Waals surface area contributed by atoms with Crippen LogP contribution in [0.5, 0.6) is 0 Å². The van der Waals surface area contributed by atoms with E-state index in [9.17, 15) is 0 Å². The monoisotopic (exact) mass is 192 g/mol. The number of hydrogen-bond donors (Lipinski definition) is 2. The summed E-state index contributed by atoms with van der Waals surface area (Å²) in [5.41, 5.74) is 7.88. The molecule has 0 saturated carbocycles. The average molecular weight is 192 g/mol. The maximum Gasteiger partial charge on any atom is 0.128 e. The average Bonchev–Trinajstić information content (AvgIpc) is 2.57. The molecule has 3 N–H and O–H groups in total. The summed E-state index contributed by atoms with van der Waals surface area (Å²) in [5.74, 6) is 0. The van der Waals surface area contributed by atoms with E-state index in [1.54, 1.807) is 0 Å². The Hall–Kier alpha value is -0.900. The van der Waals surface area contributed by atoms with Gasteiger partial charge in [0.05, 0.1) is 6.73 Å². The van der Waals surface area contributed by atoms with E-state index in [1.165, 1.54) is 11.1 Å². The summed E-state index contributed by atoms with van der Waals surface area (Å²) in [4.78, 5) is 0. The molecule has 1 aromatic rings. The van der Waals surface area contributed by atoms with Crippen LogP contribution in [0.25, 0.3) is 0 Å². The first-order chi connectivity index (χ1) is 6.79. The standard InChI is InChI=1S/C11H16N2O/c1-13-11(14-8-12)6-9-4-2-3-5-10(9)7-11/h2-5,13H,6-8,12H2,1H3. The Morgan fingerprint density at radius 1 is 1.36 bits per heavy atom. The van der Waals surface area contributed by atoms with Crippen LogP contribution in [0.3, 0.4) is 0 Å². The summed E-state index contributed by atoms with van der Waals surface area (Å²) in [6.45, 7) is 0.259. The predicted octanol–water partition coefficient (Wildman–Crippen LogP) is 0.634. The van der Waals surface area contributed by atoms with Gasteiger partial charge in [0.15, 0.2) is 0 Å². The quantitative estimate of drug-likeness (QED) is 0.691. The molecule has 0 amide bonds. The van der Waals surface area contributed by atoms with Crippen LogP contribution in [0, 0.1) is 0 Å². The van der Waals surface area contributed by atoms with Crippen molar-refractivity contribution in [1.29, 1.82) is 0 Å². The minimum absolute atomic E-state index is 0.259. The molecule has 2 rings (SSSR count). The van der Waals surface area contributed by atoms with E-state index < -0.39 is 0 Å². The number of likely N-dealkylation sites (N-methyl/N-ethyl adjacent to an activating group) is 1. The van der Waals surface area contributed by atoms with Gasteiger partial charge < -0.3 is 10.5 Å². The lowest BCUT2D eigenvalue weighted by Gasteiger charge is -2.27. The first-order valence-corrected chi connectivity index (χ1v) is 4.89. The predicted molar refractivity (Wildman–Crippen MR) is 55.8 cm³/mol. The Bertz CT molecular complexity index is 300. The van der Waals surface area contributed by atoms with Crippen molar-refractivity contribution in [3.8, 4) is 0 Å². The summed E-state index contributed by atoms with van der Waals surface area (Å²) in [7, 11) is 1.92. The highest BCUT2D eigenvalue weighted by Gasteiger charge is 2.36. The number of nitrogens with two attached hydrogens (primary N) is 1. The van der Waals surface area contributed by atoms with Crippen LogP contribution in [0.4, 0.5) is 0 Å². The lowest BCUT2D eigenvalue weighted by Crippen LogP contribution is -2.47. The molecule has 3 nitrogen and oxygen atoms in total. The van der Waals surface area contributed by atoms with E-state index in [1.807, 2.05) is 7.05 Å². The first kappa shape index (κ1) is 9.65. The van der Waals surface area contributed by atoms with Gasteiger partial charge in [-0.1, -0.05) is 24.3 Å². The molecule has 0 atom stereocenters. The Kier molecular flexibility index (Phi) is 2.54. The van der Waals surface area contributed by atoms with E-state index >= 15 is 0 Å².